The number of H-pyrrole nitrogens is 8. The van der Waals surface area contributed by atoms with E-state index in [1.807, 2.05) is 141 Å². The molecule has 10 N–H and O–H groups in total. The van der Waals surface area contributed by atoms with Gasteiger partial charge in [0.15, 0.2) is 0 Å². The van der Waals surface area contributed by atoms with Crippen molar-refractivity contribution in [1.82, 2.24) is 50.5 Å². The molecule has 0 atom stereocenters. The van der Waals surface area contributed by atoms with Crippen molar-refractivity contribution in [2.45, 2.75) is 193 Å². The predicted molar refractivity (Wildman–Crippen MR) is 518 cm³/mol. The highest BCUT2D eigenvalue weighted by molar-refractivity contribution is 5.97. The molecule has 20 heteroatoms. The molecule has 16 aromatic rings. The van der Waals surface area contributed by atoms with Gasteiger partial charge in [0.2, 0.25) is 11.8 Å². The Morgan fingerprint density at radius 3 is 0.496 bits per heavy atom. The molecule has 0 unspecified atom stereocenters. The molecule has 8 aromatic heterocycles. The molecule has 664 valence electrons. The molecule has 0 aliphatic carbocycles. The van der Waals surface area contributed by atoms with Crippen LogP contribution in [0.1, 0.15) is 186 Å². The van der Waals surface area contributed by atoms with E-state index in [-0.39, 0.29) is 18.2 Å². The molecule has 0 spiro atoms. The van der Waals surface area contributed by atoms with Crippen molar-refractivity contribution in [2.75, 3.05) is 65.9 Å². The van der Waals surface area contributed by atoms with E-state index in [1.54, 1.807) is 0 Å². The molecular formula is C105H134N10O10. The Hall–Kier alpha value is -12.6. The normalized spacial score (nSPS) is 10.9. The fraction of sp³-hybridized carbons (Fsp3) is 0.371. The Bertz CT molecular complexity index is 5160. The third kappa shape index (κ3) is 27.2. The molecule has 0 fully saturated rings. The van der Waals surface area contributed by atoms with Gasteiger partial charge in [-0.3, -0.25) is 9.59 Å². The lowest BCUT2D eigenvalue weighted by molar-refractivity contribution is -0.129. The summed E-state index contributed by atoms with van der Waals surface area (Å²) in [5.41, 5.74) is 19.7. The number of aryl methyl sites for hydroxylation is 6. The number of hydrogen-bond acceptors (Lipinski definition) is 10. The minimum absolute atomic E-state index is 0.190. The molecule has 16 rings (SSSR count). The third-order valence-electron chi connectivity index (χ3n) is 21.3. The highest BCUT2D eigenvalue weighted by Crippen LogP contribution is 2.33. The summed E-state index contributed by atoms with van der Waals surface area (Å²) in [5.74, 6) is 6.83. The van der Waals surface area contributed by atoms with Crippen LogP contribution in [0.25, 0.3) is 87.2 Å². The second kappa shape index (κ2) is 50.3. The van der Waals surface area contributed by atoms with Crippen LogP contribution in [0.2, 0.25) is 0 Å². The number of fused-ring (bicyclic) bond motifs is 8. The van der Waals surface area contributed by atoms with Crippen molar-refractivity contribution in [3.8, 4) is 46.0 Å². The van der Waals surface area contributed by atoms with Crippen molar-refractivity contribution in [2.24, 2.45) is 0 Å². The summed E-state index contributed by atoms with van der Waals surface area (Å²) < 4.78 is 44.2. The van der Waals surface area contributed by atoms with Crippen molar-refractivity contribution in [1.29, 1.82) is 0 Å². The van der Waals surface area contributed by atoms with Gasteiger partial charge in [-0.15, -0.1) is 0 Å². The Balaban J connectivity index is 0.000000158. The smallest absolute Gasteiger partial charge is 0.229 e. The topological polar surface area (TPSA) is 258 Å². The summed E-state index contributed by atoms with van der Waals surface area (Å²) in [6.07, 6.45) is 31.4. The SMILES string of the molecule is CCCc1c[nH]c2ccc(OCC)cc12.CCCc1c[nH]c2ccc(OCC)cc12.CCCc1c[nH]c2ccc(OCC)cc12.CCCc1c[nH]c2ccc(OCC)cc12.CCCc1c[nH]c2ccc(OCC)cc12.CCCc1c[nH]c2ccc(OCC)cc12.CCOc1ccc2[nH]cc(CCNC(=O)CC(=O)NCCc3c[nH]c4ccc(OCC)cc34)c2c1. The number of amides is 2. The van der Waals surface area contributed by atoms with E-state index >= 15 is 0 Å². The lowest BCUT2D eigenvalue weighted by Gasteiger charge is -2.07. The zero-order valence-corrected chi connectivity index (χ0v) is 76.2. The van der Waals surface area contributed by atoms with Gasteiger partial charge in [-0.25, -0.2) is 0 Å². The maximum absolute atomic E-state index is 12.2. The van der Waals surface area contributed by atoms with Gasteiger partial charge in [0, 0.05) is 150 Å². The van der Waals surface area contributed by atoms with E-state index in [4.69, 9.17) is 37.9 Å². The van der Waals surface area contributed by atoms with Gasteiger partial charge in [0.05, 0.1) is 52.9 Å². The molecule has 2 amide bonds. The van der Waals surface area contributed by atoms with Crippen LogP contribution in [-0.4, -0.2) is 118 Å². The molecular weight excluding hydrogens is 1560 g/mol. The van der Waals surface area contributed by atoms with Crippen LogP contribution in [0.5, 0.6) is 46.0 Å². The monoisotopic (exact) mass is 1700 g/mol. The predicted octanol–water partition coefficient (Wildman–Crippen LogP) is 25.0. The van der Waals surface area contributed by atoms with Crippen LogP contribution >= 0.6 is 0 Å². The van der Waals surface area contributed by atoms with Gasteiger partial charge in [-0.2, -0.15) is 0 Å². The zero-order chi connectivity index (χ0) is 88.7. The number of benzene rings is 8. The van der Waals surface area contributed by atoms with Crippen LogP contribution in [0, 0.1) is 0 Å². The van der Waals surface area contributed by atoms with E-state index in [2.05, 4.69) is 202 Å². The molecule has 0 aliphatic rings. The van der Waals surface area contributed by atoms with E-state index in [1.165, 1.54) is 137 Å². The fourth-order valence-corrected chi connectivity index (χ4v) is 15.5. The molecule has 8 aromatic carbocycles. The van der Waals surface area contributed by atoms with Crippen LogP contribution < -0.4 is 48.5 Å². The zero-order valence-electron chi connectivity index (χ0n) is 76.2. The van der Waals surface area contributed by atoms with E-state index in [0.29, 0.717) is 39.1 Å². The first-order valence-corrected chi connectivity index (χ1v) is 45.5. The lowest BCUT2D eigenvalue weighted by Crippen LogP contribution is -2.33. The van der Waals surface area contributed by atoms with Gasteiger partial charge >= 0.3 is 0 Å². The van der Waals surface area contributed by atoms with Crippen molar-refractivity contribution in [3.63, 3.8) is 0 Å². The molecule has 125 heavy (non-hydrogen) atoms. The average Bonchev–Trinajstić information content (AvgIpc) is 1.65. The summed E-state index contributed by atoms with van der Waals surface area (Å²) in [4.78, 5) is 50.7. The fourth-order valence-electron chi connectivity index (χ4n) is 15.5. The third-order valence-corrected chi connectivity index (χ3v) is 21.3. The highest BCUT2D eigenvalue weighted by Gasteiger charge is 2.15. The van der Waals surface area contributed by atoms with E-state index < -0.39 is 0 Å². The van der Waals surface area contributed by atoms with Crippen LogP contribution in [0.15, 0.2) is 195 Å². The minimum atomic E-state index is -0.286. The Morgan fingerprint density at radius 2 is 0.360 bits per heavy atom. The summed E-state index contributed by atoms with van der Waals surface area (Å²) in [7, 11) is 0. The number of aromatic nitrogens is 8. The van der Waals surface area contributed by atoms with Crippen LogP contribution in [-0.2, 0) is 61.0 Å². The number of carbonyl (C=O) groups is 2. The lowest BCUT2D eigenvalue weighted by atomic mass is 10.1. The Morgan fingerprint density at radius 1 is 0.216 bits per heavy atom. The van der Waals surface area contributed by atoms with Gasteiger partial charge < -0.3 is 88.4 Å². The molecule has 0 bridgehead atoms. The number of nitrogens with one attached hydrogen (secondary N) is 10. The van der Waals surface area contributed by atoms with Crippen molar-refractivity contribution >= 4 is 99.0 Å². The largest absolute Gasteiger partial charge is 0.494 e. The summed E-state index contributed by atoms with van der Waals surface area (Å²) in [6.45, 7) is 35.6. The molecule has 0 saturated heterocycles. The van der Waals surface area contributed by atoms with Crippen LogP contribution in [0.4, 0.5) is 0 Å². The standard InChI is InChI=1S/C27H32N4O4.6C13H17NO/c1-3-34-20-5-7-24-22(13-20)18(16-30-24)9-11-28-26(32)15-27(33)29-12-10-19-17-31-25-8-6-21(35-4-2)14-23(19)25;6*1-3-5-10-9-14-13-7-6-11(15-4-2)8-12(10)13/h5-8,13-14,16-17,30-31H,3-4,9-12,15H2,1-2H3,(H,28,32)(H,29,33);6*6-9,14H,3-5H2,1-2H3. The molecule has 20 nitrogen and oxygen atoms in total. The second-order valence-corrected chi connectivity index (χ2v) is 30.5. The minimum Gasteiger partial charge on any atom is -0.494 e. The van der Waals surface area contributed by atoms with Gasteiger partial charge in [0.25, 0.3) is 0 Å². The van der Waals surface area contributed by atoms with Gasteiger partial charge in [-0.05, 0) is 297 Å². The van der Waals surface area contributed by atoms with E-state index in [0.717, 1.165) is 157 Å². The maximum atomic E-state index is 12.2. The number of aromatic amines is 8. The first-order chi connectivity index (χ1) is 61.1. The van der Waals surface area contributed by atoms with Crippen molar-refractivity contribution in [3.05, 3.63) is 240 Å². The van der Waals surface area contributed by atoms with Crippen molar-refractivity contribution < 1.29 is 47.5 Å². The van der Waals surface area contributed by atoms with Gasteiger partial charge in [-0.1, -0.05) is 80.1 Å². The Labute approximate surface area is 737 Å². The second-order valence-electron chi connectivity index (χ2n) is 30.5. The molecule has 0 saturated carbocycles. The quantitative estimate of drug-likeness (QED) is 0.0166. The van der Waals surface area contributed by atoms with Crippen LogP contribution in [0.3, 0.4) is 0 Å². The molecule has 0 radical (unpaired) electrons. The number of carbonyl (C=O) groups excluding carboxylic acids is 2. The summed E-state index contributed by atoms with van der Waals surface area (Å²) in [6, 6.07) is 49.2. The maximum Gasteiger partial charge on any atom is 0.229 e. The summed E-state index contributed by atoms with van der Waals surface area (Å²) in [5, 5.41) is 15.6. The van der Waals surface area contributed by atoms with Gasteiger partial charge in [0.1, 0.15) is 52.4 Å². The Kier molecular flexibility index (Phi) is 38.1. The first-order valence-electron chi connectivity index (χ1n) is 45.5. The molecule has 8 heterocycles. The number of rotatable bonds is 36. The van der Waals surface area contributed by atoms with E-state index in [9.17, 15) is 9.59 Å². The number of hydrogen-bond donors (Lipinski definition) is 10. The number of ether oxygens (including phenoxy) is 8. The first kappa shape index (κ1) is 94.7. The highest BCUT2D eigenvalue weighted by atomic mass is 16.5. The molecule has 0 aliphatic heterocycles. The average molecular weight is 1700 g/mol. The summed E-state index contributed by atoms with van der Waals surface area (Å²) >= 11 is 0.